The van der Waals surface area contributed by atoms with E-state index in [1.165, 1.54) is 20.2 Å². The van der Waals surface area contributed by atoms with Crippen molar-refractivity contribution in [2.24, 2.45) is 0 Å². The van der Waals surface area contributed by atoms with Crippen LogP contribution in [-0.4, -0.2) is 24.1 Å². The molecule has 8 aromatic carbocycles. The molecule has 6 heteroatoms. The third kappa shape index (κ3) is 5.04. The minimum atomic E-state index is -0.693. The average Bonchev–Trinajstić information content (AvgIpc) is 4.09. The van der Waals surface area contributed by atoms with Gasteiger partial charge >= 0.3 is 0 Å². The van der Waals surface area contributed by atoms with Gasteiger partial charge in [0.15, 0.2) is 5.82 Å². The van der Waals surface area contributed by atoms with E-state index in [9.17, 15) is 0 Å². The van der Waals surface area contributed by atoms with Crippen molar-refractivity contribution in [2.75, 3.05) is 0 Å². The number of benzene rings is 8. The second kappa shape index (κ2) is 12.6. The highest BCUT2D eigenvalue weighted by Crippen LogP contribution is 2.38. The fourth-order valence-corrected chi connectivity index (χ4v) is 8.64. The van der Waals surface area contributed by atoms with Crippen molar-refractivity contribution in [3.63, 3.8) is 0 Å². The van der Waals surface area contributed by atoms with E-state index < -0.39 is 109 Å². The number of nitrogens with zero attached hydrogens (tertiary/aromatic N) is 5. The molecule has 57 heavy (non-hydrogen) atoms. The predicted molar refractivity (Wildman–Crippen MR) is 238 cm³/mol. The van der Waals surface area contributed by atoms with E-state index >= 15 is 0 Å². The summed E-state index contributed by atoms with van der Waals surface area (Å²) in [5, 5.41) is 1.39. The molecule has 0 aliphatic carbocycles. The van der Waals surface area contributed by atoms with Crippen LogP contribution in [0.5, 0.6) is 0 Å². The Kier molecular flexibility index (Phi) is 4.40. The lowest BCUT2D eigenvalue weighted by atomic mass is 9.99. The molecule has 0 radical (unpaired) electrons. The summed E-state index contributed by atoms with van der Waals surface area (Å²) in [6, 6.07) is 19.5. The Morgan fingerprint density at radius 1 is 0.368 bits per heavy atom. The van der Waals surface area contributed by atoms with Gasteiger partial charge in [-0.05, 0) is 58.6 Å². The summed E-state index contributed by atoms with van der Waals surface area (Å²) < 4.78 is 146. The highest BCUT2D eigenvalue weighted by molar-refractivity contribution is 7.25. The summed E-state index contributed by atoms with van der Waals surface area (Å²) in [4.78, 5) is 14.4. The van der Waals surface area contributed by atoms with Crippen molar-refractivity contribution in [3.05, 3.63) is 188 Å². The Labute approximate surface area is 353 Å². The van der Waals surface area contributed by atoms with Crippen LogP contribution in [0.25, 0.3) is 109 Å². The number of rotatable bonds is 5. The van der Waals surface area contributed by atoms with Crippen LogP contribution < -0.4 is 0 Å². The number of thiophene rings is 1. The van der Waals surface area contributed by atoms with Gasteiger partial charge in [-0.15, -0.1) is 11.3 Å². The molecule has 0 amide bonds. The second-order valence-electron chi connectivity index (χ2n) is 13.3. The molecule has 5 nitrogen and oxygen atoms in total. The number of aromatic nitrogens is 5. The third-order valence-corrected chi connectivity index (χ3v) is 11.3. The van der Waals surface area contributed by atoms with Crippen molar-refractivity contribution in [1.29, 1.82) is 0 Å². The summed E-state index contributed by atoms with van der Waals surface area (Å²) >= 11 is 1.74. The van der Waals surface area contributed by atoms with Gasteiger partial charge in [0.2, 0.25) is 11.9 Å². The summed E-state index contributed by atoms with van der Waals surface area (Å²) in [7, 11) is 0. The van der Waals surface area contributed by atoms with Gasteiger partial charge in [-0.1, -0.05) is 151 Å². The number of fused-ring (bicyclic) bond motifs is 9. The standard InChI is InChI=1S/C51H31N5S/c1-6-16-43-37(11-1)38-12-2-7-17-44(38)55(43)50-52-49(53-51(54-50)56-45-18-8-3-13-39(45)40-14-4-9-19-46(40)56)35-27-25-33(26-28-35)32-21-23-34(24-22-32)36-29-30-42-41-15-5-10-20-47(41)57-48(42)31-36/h1-31H/i1D,2D,3D,4D,6D,7D,8D,9D,11D,12D,13D,14D,16D,17D,18D,19D. The lowest BCUT2D eigenvalue weighted by Crippen LogP contribution is -2.10. The lowest BCUT2D eigenvalue weighted by Gasteiger charge is -2.13. The molecule has 0 fully saturated rings. The van der Waals surface area contributed by atoms with Gasteiger partial charge in [0.25, 0.3) is 0 Å². The molecule has 266 valence electrons. The molecule has 12 aromatic rings. The molecule has 4 heterocycles. The van der Waals surface area contributed by atoms with Crippen molar-refractivity contribution >= 4 is 75.1 Å². The van der Waals surface area contributed by atoms with Crippen LogP contribution in [0.15, 0.2) is 188 Å². The van der Waals surface area contributed by atoms with Gasteiger partial charge in [-0.3, -0.25) is 9.13 Å². The van der Waals surface area contributed by atoms with Crippen LogP contribution in [0.3, 0.4) is 0 Å². The van der Waals surface area contributed by atoms with Crippen LogP contribution in [-0.2, 0) is 0 Å². The molecule has 0 unspecified atom stereocenters. The first-order valence-electron chi connectivity index (χ1n) is 25.8. The fourth-order valence-electron chi connectivity index (χ4n) is 7.50. The second-order valence-corrected chi connectivity index (χ2v) is 14.4. The quantitative estimate of drug-likeness (QED) is 0.175. The highest BCUT2D eigenvalue weighted by Gasteiger charge is 2.20. The maximum Gasteiger partial charge on any atom is 0.240 e. The Hall–Kier alpha value is -7.41. The maximum absolute atomic E-state index is 9.16. The van der Waals surface area contributed by atoms with Crippen LogP contribution in [0.1, 0.15) is 21.9 Å². The monoisotopic (exact) mass is 761 g/mol. The molecular formula is C51H31N5S. The van der Waals surface area contributed by atoms with E-state index in [4.69, 9.17) is 36.9 Å². The van der Waals surface area contributed by atoms with E-state index in [1.54, 1.807) is 23.5 Å². The Balaban J connectivity index is 1.11. The van der Waals surface area contributed by atoms with E-state index in [1.807, 2.05) is 48.5 Å². The third-order valence-electron chi connectivity index (χ3n) is 10.2. The van der Waals surface area contributed by atoms with Gasteiger partial charge in [-0.25, -0.2) is 0 Å². The molecule has 0 aliphatic rings. The SMILES string of the molecule is [2H]c1c([2H])c([2H])c2c(c1[2H])c1c([2H])c([2H])c([2H])c([2H])c1n2-c1nc(-c2ccc(-c3ccc(-c4ccc5c(c4)sc4ccccc45)cc3)cc2)nc(-n2c3c([2H])c([2H])c([2H])c([2H])c3c3c([2H])c([2H])c([2H])c([2H])c32)n1. The topological polar surface area (TPSA) is 48.5 Å². The van der Waals surface area contributed by atoms with Crippen LogP contribution in [0, 0.1) is 0 Å². The minimum Gasteiger partial charge on any atom is -0.278 e. The fraction of sp³-hybridized carbons (Fsp3) is 0. The Bertz CT molecular complexity index is 4120. The van der Waals surface area contributed by atoms with Crippen molar-refractivity contribution < 1.29 is 21.9 Å². The zero-order chi connectivity index (χ0) is 51.4. The number of hydrogen-bond acceptors (Lipinski definition) is 4. The van der Waals surface area contributed by atoms with Crippen LogP contribution in [0.2, 0.25) is 0 Å². The molecule has 0 bridgehead atoms. The van der Waals surface area contributed by atoms with Gasteiger partial charge in [0.1, 0.15) is 0 Å². The zero-order valence-corrected chi connectivity index (χ0v) is 30.1. The average molecular weight is 762 g/mol. The Morgan fingerprint density at radius 3 is 1.28 bits per heavy atom. The summed E-state index contributed by atoms with van der Waals surface area (Å²) in [6.07, 6.45) is 0. The van der Waals surface area contributed by atoms with Gasteiger partial charge in [-0.2, -0.15) is 15.0 Å². The molecular weight excluding hydrogens is 715 g/mol. The van der Waals surface area contributed by atoms with Crippen molar-refractivity contribution in [1.82, 2.24) is 24.1 Å². The lowest BCUT2D eigenvalue weighted by molar-refractivity contribution is 0.893. The molecule has 0 saturated heterocycles. The molecule has 0 aliphatic heterocycles. The van der Waals surface area contributed by atoms with Crippen molar-refractivity contribution in [2.45, 2.75) is 0 Å². The molecule has 0 saturated carbocycles. The van der Waals surface area contributed by atoms with E-state index in [-0.39, 0.29) is 49.4 Å². The molecule has 0 N–H and O–H groups in total. The smallest absolute Gasteiger partial charge is 0.240 e. The van der Waals surface area contributed by atoms with Crippen LogP contribution in [0.4, 0.5) is 0 Å². The largest absolute Gasteiger partial charge is 0.278 e. The number of para-hydroxylation sites is 4. The molecule has 12 rings (SSSR count). The van der Waals surface area contributed by atoms with E-state index in [0.717, 1.165) is 31.4 Å². The van der Waals surface area contributed by atoms with Gasteiger partial charge in [0.05, 0.1) is 44.0 Å². The molecule has 0 atom stereocenters. The van der Waals surface area contributed by atoms with Gasteiger partial charge < -0.3 is 0 Å². The highest BCUT2D eigenvalue weighted by atomic mass is 32.1. The van der Waals surface area contributed by atoms with E-state index in [2.05, 4.69) is 30.3 Å². The first-order chi connectivity index (χ1) is 34.9. The predicted octanol–water partition coefficient (Wildman–Crippen LogP) is 13.4. The van der Waals surface area contributed by atoms with Gasteiger partial charge in [0, 0.05) is 47.3 Å². The van der Waals surface area contributed by atoms with E-state index in [0.29, 0.717) is 5.56 Å². The molecule has 4 aromatic heterocycles. The maximum atomic E-state index is 9.16. The summed E-state index contributed by atoms with van der Waals surface area (Å²) in [6.45, 7) is 0. The minimum absolute atomic E-state index is 0.133. The van der Waals surface area contributed by atoms with Crippen LogP contribution >= 0.6 is 11.3 Å². The summed E-state index contributed by atoms with van der Waals surface area (Å²) in [5.74, 6) is -1.05. The first kappa shape index (κ1) is 20.0. The molecule has 0 spiro atoms. The Morgan fingerprint density at radius 2 is 0.772 bits per heavy atom. The first-order valence-corrected chi connectivity index (χ1v) is 18.6. The number of hydrogen-bond donors (Lipinski definition) is 0. The normalized spacial score (nSPS) is 15.8. The summed E-state index contributed by atoms with van der Waals surface area (Å²) in [5.41, 5.74) is 2.82. The van der Waals surface area contributed by atoms with Crippen molar-refractivity contribution in [3.8, 4) is 45.5 Å². The zero-order valence-electron chi connectivity index (χ0n) is 45.3.